The van der Waals surface area contributed by atoms with E-state index in [1.54, 1.807) is 11.3 Å². The van der Waals surface area contributed by atoms with Crippen molar-refractivity contribution >= 4 is 38.2 Å². The Balaban J connectivity index is 0.775. The van der Waals surface area contributed by atoms with Crippen molar-refractivity contribution in [3.05, 3.63) is 120 Å². The zero-order valence-electron chi connectivity index (χ0n) is 26.3. The third-order valence-electron chi connectivity index (χ3n) is 7.77. The number of hydrogen-bond donors (Lipinski definition) is 1. The van der Waals surface area contributed by atoms with Gasteiger partial charge in [-0.05, 0) is 59.7 Å². The van der Waals surface area contributed by atoms with Crippen molar-refractivity contribution < 1.29 is 18.6 Å². The molecule has 0 aliphatic rings. The molecule has 7 nitrogen and oxygen atoms in total. The molecule has 0 radical (unpaired) electrons. The van der Waals surface area contributed by atoms with Gasteiger partial charge in [0.05, 0.1) is 49.9 Å². The second-order valence-corrected chi connectivity index (χ2v) is 12.2. The first-order valence-electron chi connectivity index (χ1n) is 15.9. The second-order valence-electron chi connectivity index (χ2n) is 11.2. The van der Waals surface area contributed by atoms with E-state index in [-0.39, 0.29) is 0 Å². The number of furan rings is 1. The summed E-state index contributed by atoms with van der Waals surface area (Å²) < 4.78 is 24.5. The molecule has 0 saturated carbocycles. The van der Waals surface area contributed by atoms with Crippen molar-refractivity contribution in [3.8, 4) is 10.6 Å². The molecule has 2 heterocycles. The average molecular weight is 636 g/mol. The summed E-state index contributed by atoms with van der Waals surface area (Å²) in [4.78, 5) is 6.96. The van der Waals surface area contributed by atoms with Crippen LogP contribution in [0.25, 0.3) is 31.8 Å². The highest BCUT2D eigenvalue weighted by Gasteiger charge is 2.08. The van der Waals surface area contributed by atoms with Crippen LogP contribution in [0.1, 0.15) is 16.9 Å². The number of aromatic nitrogens is 1. The number of rotatable bonds is 18. The van der Waals surface area contributed by atoms with Gasteiger partial charge in [0.15, 0.2) is 0 Å². The molecule has 6 aromatic rings. The summed E-state index contributed by atoms with van der Waals surface area (Å²) in [5.74, 6) is 0.986. The average Bonchev–Trinajstić information content (AvgIpc) is 3.71. The van der Waals surface area contributed by atoms with Crippen LogP contribution in [-0.4, -0.2) is 64.8 Å². The Bertz CT molecular complexity index is 1750. The number of likely N-dealkylation sites (N-methyl/N-ethyl adjacent to an activating group) is 1. The first-order valence-corrected chi connectivity index (χ1v) is 16.7. The number of ether oxygens (including phenoxy) is 3. The van der Waals surface area contributed by atoms with Crippen molar-refractivity contribution in [2.75, 3.05) is 64.7 Å². The van der Waals surface area contributed by atoms with Crippen molar-refractivity contribution in [2.45, 2.75) is 13.0 Å². The maximum absolute atomic E-state index is 6.10. The Morgan fingerprint density at radius 2 is 1.48 bits per heavy atom. The number of fused-ring (bicyclic) bond motifs is 2. The first-order chi connectivity index (χ1) is 22.7. The van der Waals surface area contributed by atoms with Crippen LogP contribution in [0.3, 0.4) is 0 Å². The number of nitrogens with one attached hydrogen (secondary N) is 1. The van der Waals surface area contributed by atoms with Gasteiger partial charge in [0, 0.05) is 49.7 Å². The molecular weight excluding hydrogens is 595 g/mol. The summed E-state index contributed by atoms with van der Waals surface area (Å²) in [6, 6.07) is 35.7. The molecule has 0 unspecified atom stereocenters. The lowest BCUT2D eigenvalue weighted by atomic mass is 10.1. The summed E-state index contributed by atoms with van der Waals surface area (Å²) in [7, 11) is 2.08. The minimum atomic E-state index is 0.560. The molecule has 0 aliphatic carbocycles. The van der Waals surface area contributed by atoms with E-state index in [0.717, 1.165) is 64.6 Å². The molecule has 6 rings (SSSR count). The zero-order chi connectivity index (χ0) is 31.4. The predicted molar refractivity (Wildman–Crippen MR) is 188 cm³/mol. The molecule has 2 aromatic heterocycles. The van der Waals surface area contributed by atoms with Crippen molar-refractivity contribution in [1.82, 2.24) is 10.3 Å². The van der Waals surface area contributed by atoms with Gasteiger partial charge in [-0.1, -0.05) is 54.6 Å². The highest BCUT2D eigenvalue weighted by molar-refractivity contribution is 7.21. The maximum atomic E-state index is 6.10. The van der Waals surface area contributed by atoms with Gasteiger partial charge >= 0.3 is 0 Å². The molecule has 4 aromatic carbocycles. The third-order valence-corrected chi connectivity index (χ3v) is 8.86. The third kappa shape index (κ3) is 9.02. The predicted octanol–water partition coefficient (Wildman–Crippen LogP) is 7.58. The standard InChI is InChI=1S/C38H41N3O4S/c1-41(33-15-13-31(14-16-33)38-40-35-9-5-6-10-37(35)46-38)18-20-43-22-24-44-23-21-42-19-17-39-28-30-11-12-32-27-34(45-36(32)26-30)25-29-7-3-2-4-8-29/h2-16,26-27,39H,17-25,28H2,1H3. The van der Waals surface area contributed by atoms with E-state index < -0.39 is 0 Å². The first kappa shape index (κ1) is 31.9. The fourth-order valence-electron chi connectivity index (χ4n) is 5.23. The van der Waals surface area contributed by atoms with Crippen LogP contribution in [0.5, 0.6) is 0 Å². The Labute approximate surface area is 274 Å². The van der Waals surface area contributed by atoms with Crippen LogP contribution in [0.4, 0.5) is 5.69 Å². The molecule has 1 N–H and O–H groups in total. The summed E-state index contributed by atoms with van der Waals surface area (Å²) in [5.41, 5.74) is 6.73. The molecular formula is C38H41N3O4S. The van der Waals surface area contributed by atoms with Crippen molar-refractivity contribution in [2.24, 2.45) is 0 Å². The fraction of sp³-hybridized carbons (Fsp3) is 0.289. The van der Waals surface area contributed by atoms with Crippen LogP contribution < -0.4 is 10.2 Å². The van der Waals surface area contributed by atoms with Gasteiger partial charge in [0.1, 0.15) is 16.4 Å². The van der Waals surface area contributed by atoms with Gasteiger partial charge in [-0.2, -0.15) is 0 Å². The van der Waals surface area contributed by atoms with Crippen molar-refractivity contribution in [1.29, 1.82) is 0 Å². The normalized spacial score (nSPS) is 11.5. The molecule has 0 saturated heterocycles. The Morgan fingerprint density at radius 1 is 0.739 bits per heavy atom. The molecule has 0 atom stereocenters. The maximum Gasteiger partial charge on any atom is 0.134 e. The SMILES string of the molecule is CN(CCOCCOCCOCCNCc1ccc2cc(Cc3ccccc3)oc2c1)c1ccc(-c2nc3ccccc3s2)cc1. The van der Waals surface area contributed by atoms with Crippen LogP contribution in [0, 0.1) is 0 Å². The van der Waals surface area contributed by atoms with E-state index in [0.29, 0.717) is 39.6 Å². The number of anilines is 1. The highest BCUT2D eigenvalue weighted by Crippen LogP contribution is 2.31. The summed E-state index contributed by atoms with van der Waals surface area (Å²) in [6.45, 7) is 5.89. The van der Waals surface area contributed by atoms with E-state index in [1.165, 1.54) is 15.8 Å². The monoisotopic (exact) mass is 635 g/mol. The quantitative estimate of drug-likeness (QED) is 0.0977. The summed E-state index contributed by atoms with van der Waals surface area (Å²) in [6.07, 6.45) is 0.804. The van der Waals surface area contributed by atoms with E-state index >= 15 is 0 Å². The molecule has 0 bridgehead atoms. The van der Waals surface area contributed by atoms with Gasteiger partial charge in [-0.3, -0.25) is 0 Å². The van der Waals surface area contributed by atoms with Crippen LogP contribution in [0.15, 0.2) is 108 Å². The Kier molecular flexibility index (Phi) is 11.4. The Morgan fingerprint density at radius 3 is 2.28 bits per heavy atom. The highest BCUT2D eigenvalue weighted by atomic mass is 32.1. The molecule has 0 spiro atoms. The lowest BCUT2D eigenvalue weighted by Crippen LogP contribution is -2.23. The minimum absolute atomic E-state index is 0.560. The summed E-state index contributed by atoms with van der Waals surface area (Å²) >= 11 is 1.73. The van der Waals surface area contributed by atoms with Crippen molar-refractivity contribution in [3.63, 3.8) is 0 Å². The molecule has 238 valence electrons. The van der Waals surface area contributed by atoms with Crippen LogP contribution >= 0.6 is 11.3 Å². The number of benzene rings is 4. The second kappa shape index (κ2) is 16.5. The van der Waals surface area contributed by atoms with E-state index in [2.05, 4.69) is 108 Å². The number of para-hydroxylation sites is 1. The zero-order valence-corrected chi connectivity index (χ0v) is 27.1. The van der Waals surface area contributed by atoms with Gasteiger partial charge in [-0.15, -0.1) is 11.3 Å². The van der Waals surface area contributed by atoms with E-state index in [4.69, 9.17) is 23.6 Å². The number of hydrogen-bond acceptors (Lipinski definition) is 8. The van der Waals surface area contributed by atoms with Crippen LogP contribution in [0.2, 0.25) is 0 Å². The largest absolute Gasteiger partial charge is 0.461 e. The lowest BCUT2D eigenvalue weighted by molar-refractivity contribution is 0.0164. The molecule has 46 heavy (non-hydrogen) atoms. The van der Waals surface area contributed by atoms with Gasteiger partial charge < -0.3 is 28.8 Å². The molecule has 0 fully saturated rings. The molecule has 0 amide bonds. The van der Waals surface area contributed by atoms with E-state index in [1.807, 2.05) is 12.1 Å². The smallest absolute Gasteiger partial charge is 0.134 e. The van der Waals surface area contributed by atoms with Gasteiger partial charge in [0.2, 0.25) is 0 Å². The fourth-order valence-corrected chi connectivity index (χ4v) is 6.20. The topological polar surface area (TPSA) is 69.0 Å². The summed E-state index contributed by atoms with van der Waals surface area (Å²) in [5, 5.41) is 5.63. The minimum Gasteiger partial charge on any atom is -0.461 e. The van der Waals surface area contributed by atoms with Gasteiger partial charge in [0.25, 0.3) is 0 Å². The van der Waals surface area contributed by atoms with Crippen LogP contribution in [-0.2, 0) is 27.2 Å². The molecule has 0 aliphatic heterocycles. The van der Waals surface area contributed by atoms with E-state index in [9.17, 15) is 0 Å². The number of nitrogens with zero attached hydrogens (tertiary/aromatic N) is 2. The Hall–Kier alpha value is -4.05. The lowest BCUT2D eigenvalue weighted by Gasteiger charge is -2.19. The van der Waals surface area contributed by atoms with Gasteiger partial charge in [-0.25, -0.2) is 4.98 Å². The number of thiazole rings is 1. The molecule has 8 heteroatoms.